The van der Waals surface area contributed by atoms with Gasteiger partial charge in [-0.3, -0.25) is 0 Å². The van der Waals surface area contributed by atoms with Crippen molar-refractivity contribution in [1.29, 1.82) is 0 Å². The molecule has 2 aromatic rings. The van der Waals surface area contributed by atoms with Crippen LogP contribution in [-0.4, -0.2) is 6.04 Å². The molecule has 0 saturated carbocycles. The predicted octanol–water partition coefficient (Wildman–Crippen LogP) is 5.48. The zero-order valence-electron chi connectivity index (χ0n) is 12.2. The Morgan fingerprint density at radius 2 is 2.00 bits per heavy atom. The number of halogens is 2. The fourth-order valence-corrected chi connectivity index (χ4v) is 2.57. The van der Waals surface area contributed by atoms with Crippen LogP contribution in [0.15, 0.2) is 40.9 Å². The minimum atomic E-state index is 0.133. The fraction of sp³-hybridized carbons (Fsp3) is 0.294. The second-order valence-electron chi connectivity index (χ2n) is 5.14. The average molecular weight is 369 g/mol. The lowest BCUT2D eigenvalue weighted by atomic mass is 10.0. The van der Waals surface area contributed by atoms with E-state index < -0.39 is 0 Å². The summed E-state index contributed by atoms with van der Waals surface area (Å²) in [5.74, 6) is 1.62. The van der Waals surface area contributed by atoms with Crippen molar-refractivity contribution in [2.75, 3.05) is 0 Å². The number of hydrogen-bond acceptors (Lipinski definition) is 2. The maximum Gasteiger partial charge on any atom is 0.130 e. The molecule has 0 aliphatic rings. The summed E-state index contributed by atoms with van der Waals surface area (Å²) in [4.78, 5) is 0. The van der Waals surface area contributed by atoms with E-state index in [1.54, 1.807) is 0 Å². The molecule has 2 N–H and O–H groups in total. The number of nitrogens with two attached hydrogens (primary N) is 1. The van der Waals surface area contributed by atoms with E-state index >= 15 is 0 Å². The third-order valence-electron chi connectivity index (χ3n) is 3.39. The first kappa shape index (κ1) is 16.3. The lowest BCUT2D eigenvalue weighted by Crippen LogP contribution is -2.21. The van der Waals surface area contributed by atoms with Gasteiger partial charge in [-0.1, -0.05) is 34.5 Å². The summed E-state index contributed by atoms with van der Waals surface area (Å²) < 4.78 is 7.04. The summed E-state index contributed by atoms with van der Waals surface area (Å²) in [6.07, 6.45) is 1.73. The summed E-state index contributed by atoms with van der Waals surface area (Å²) in [7, 11) is 0. The third-order valence-corrected chi connectivity index (χ3v) is 4.30. The lowest BCUT2D eigenvalue weighted by Gasteiger charge is -2.15. The minimum Gasteiger partial charge on any atom is -0.457 e. The molecule has 1 unspecified atom stereocenters. The molecule has 112 valence electrons. The Balaban J connectivity index is 2.28. The van der Waals surface area contributed by atoms with Gasteiger partial charge in [0.05, 0.1) is 0 Å². The van der Waals surface area contributed by atoms with Crippen molar-refractivity contribution < 1.29 is 4.74 Å². The van der Waals surface area contributed by atoms with Gasteiger partial charge in [-0.15, -0.1) is 0 Å². The highest BCUT2D eigenvalue weighted by atomic mass is 79.9. The third kappa shape index (κ3) is 4.47. The van der Waals surface area contributed by atoms with Gasteiger partial charge in [-0.2, -0.15) is 0 Å². The molecule has 2 nitrogen and oxygen atoms in total. The van der Waals surface area contributed by atoms with Gasteiger partial charge in [-0.25, -0.2) is 0 Å². The minimum absolute atomic E-state index is 0.133. The van der Waals surface area contributed by atoms with Crippen molar-refractivity contribution >= 4 is 27.5 Å². The molecule has 2 aromatic carbocycles. The molecule has 0 radical (unpaired) electrons. The number of benzene rings is 2. The topological polar surface area (TPSA) is 35.2 Å². The maximum atomic E-state index is 6.07. The summed E-state index contributed by atoms with van der Waals surface area (Å²) in [6, 6.07) is 11.8. The van der Waals surface area contributed by atoms with E-state index in [9.17, 15) is 0 Å². The molecule has 0 aliphatic carbocycles. The normalized spacial score (nSPS) is 12.2. The van der Waals surface area contributed by atoms with Gasteiger partial charge in [-0.05, 0) is 67.3 Å². The molecule has 0 heterocycles. The van der Waals surface area contributed by atoms with E-state index in [1.165, 1.54) is 0 Å². The quantitative estimate of drug-likeness (QED) is 0.758. The van der Waals surface area contributed by atoms with Crippen LogP contribution in [0.3, 0.4) is 0 Å². The second kappa shape index (κ2) is 7.30. The van der Waals surface area contributed by atoms with Crippen molar-refractivity contribution in [3.8, 4) is 11.5 Å². The van der Waals surface area contributed by atoms with E-state index in [1.807, 2.05) is 37.3 Å². The molecule has 4 heteroatoms. The van der Waals surface area contributed by atoms with Crippen LogP contribution in [0.4, 0.5) is 0 Å². The second-order valence-corrected chi connectivity index (χ2v) is 6.46. The number of ether oxygens (including phenoxy) is 1. The maximum absolute atomic E-state index is 6.07. The molecule has 0 aromatic heterocycles. The predicted molar refractivity (Wildman–Crippen MR) is 92.4 cm³/mol. The van der Waals surface area contributed by atoms with Gasteiger partial charge >= 0.3 is 0 Å². The highest BCUT2D eigenvalue weighted by Crippen LogP contribution is 2.31. The zero-order valence-corrected chi connectivity index (χ0v) is 14.5. The highest BCUT2D eigenvalue weighted by Gasteiger charge is 2.10. The summed E-state index contributed by atoms with van der Waals surface area (Å²) in [5.41, 5.74) is 8.17. The van der Waals surface area contributed by atoms with Crippen molar-refractivity contribution in [3.05, 3.63) is 57.0 Å². The first-order valence-corrected chi connectivity index (χ1v) is 8.14. The Morgan fingerprint density at radius 3 is 2.67 bits per heavy atom. The molecule has 2 rings (SSSR count). The van der Waals surface area contributed by atoms with Gasteiger partial charge in [0.1, 0.15) is 11.5 Å². The molecule has 1 atom stereocenters. The number of rotatable bonds is 5. The highest BCUT2D eigenvalue weighted by molar-refractivity contribution is 9.10. The van der Waals surface area contributed by atoms with Crippen LogP contribution in [0.5, 0.6) is 11.5 Å². The molecular formula is C17H19BrClNO. The SMILES string of the molecule is CCC(N)Cc1cc(Br)ccc1Oc1ccc(Cl)c(C)c1. The van der Waals surface area contributed by atoms with Gasteiger partial charge in [0, 0.05) is 15.5 Å². The first-order chi connectivity index (χ1) is 9.99. The molecule has 0 fully saturated rings. The fourth-order valence-electron chi connectivity index (χ4n) is 2.04. The molecule has 0 amide bonds. The van der Waals surface area contributed by atoms with Crippen LogP contribution >= 0.6 is 27.5 Å². The van der Waals surface area contributed by atoms with Crippen molar-refractivity contribution in [1.82, 2.24) is 0 Å². The first-order valence-electron chi connectivity index (χ1n) is 6.97. The van der Waals surface area contributed by atoms with Crippen LogP contribution in [0, 0.1) is 6.92 Å². The van der Waals surface area contributed by atoms with Crippen LogP contribution in [0.25, 0.3) is 0 Å². The Hall–Kier alpha value is -1.03. The standard InChI is InChI=1S/C17H19BrClNO/c1-3-14(20)10-12-9-13(18)4-7-17(12)21-15-5-6-16(19)11(2)8-15/h4-9,14H,3,10,20H2,1-2H3. The largest absolute Gasteiger partial charge is 0.457 e. The molecule has 0 bridgehead atoms. The van der Waals surface area contributed by atoms with Gasteiger partial charge < -0.3 is 10.5 Å². The number of aryl methyl sites for hydroxylation is 1. The monoisotopic (exact) mass is 367 g/mol. The lowest BCUT2D eigenvalue weighted by molar-refractivity contribution is 0.471. The smallest absolute Gasteiger partial charge is 0.130 e. The molecular weight excluding hydrogens is 350 g/mol. The van der Waals surface area contributed by atoms with E-state index in [-0.39, 0.29) is 6.04 Å². The average Bonchev–Trinajstić information content (AvgIpc) is 2.45. The molecule has 21 heavy (non-hydrogen) atoms. The van der Waals surface area contributed by atoms with E-state index in [0.717, 1.165) is 45.0 Å². The van der Waals surface area contributed by atoms with E-state index in [4.69, 9.17) is 22.1 Å². The van der Waals surface area contributed by atoms with Crippen LogP contribution < -0.4 is 10.5 Å². The van der Waals surface area contributed by atoms with Gasteiger partial charge in [0.15, 0.2) is 0 Å². The van der Waals surface area contributed by atoms with E-state index in [2.05, 4.69) is 28.9 Å². The van der Waals surface area contributed by atoms with Crippen LogP contribution in [0.2, 0.25) is 5.02 Å². The molecule has 0 aliphatic heterocycles. The Bertz CT molecular complexity index is 630. The summed E-state index contributed by atoms with van der Waals surface area (Å²) in [6.45, 7) is 4.05. The van der Waals surface area contributed by atoms with E-state index in [0.29, 0.717) is 0 Å². The van der Waals surface area contributed by atoms with Crippen molar-refractivity contribution in [2.24, 2.45) is 5.73 Å². The van der Waals surface area contributed by atoms with Gasteiger partial charge in [0.25, 0.3) is 0 Å². The summed E-state index contributed by atoms with van der Waals surface area (Å²) >= 11 is 9.55. The zero-order chi connectivity index (χ0) is 15.4. The molecule has 0 saturated heterocycles. The van der Waals surface area contributed by atoms with Crippen molar-refractivity contribution in [2.45, 2.75) is 32.7 Å². The van der Waals surface area contributed by atoms with Crippen molar-refractivity contribution in [3.63, 3.8) is 0 Å². The van der Waals surface area contributed by atoms with Crippen LogP contribution in [0.1, 0.15) is 24.5 Å². The van der Waals surface area contributed by atoms with Crippen LogP contribution in [-0.2, 0) is 6.42 Å². The molecule has 0 spiro atoms. The summed E-state index contributed by atoms with van der Waals surface area (Å²) in [5, 5.41) is 0.742. The number of hydrogen-bond donors (Lipinski definition) is 1. The Morgan fingerprint density at radius 1 is 1.24 bits per heavy atom. The van der Waals surface area contributed by atoms with Gasteiger partial charge in [0.2, 0.25) is 0 Å². The Labute approximate surface area is 139 Å². The Kier molecular flexibility index (Phi) is 5.68.